The number of carbonyl (C=O) groups excluding carboxylic acids is 1. The standard InChI is InChI=1S/C11H14F3NO2/c12-11(13,14)10(16)8-2-1-3-9(8)15-4-6-17-7-5-15/h1-7H2. The smallest absolute Gasteiger partial charge is 0.378 e. The number of allylic oxidation sites excluding steroid dienone is 2. The molecule has 3 nitrogen and oxygen atoms in total. The van der Waals surface area contributed by atoms with Gasteiger partial charge in [0.25, 0.3) is 5.78 Å². The molecule has 0 N–H and O–H groups in total. The van der Waals surface area contributed by atoms with Gasteiger partial charge in [0.05, 0.1) is 13.2 Å². The second kappa shape index (κ2) is 4.68. The van der Waals surface area contributed by atoms with E-state index in [1.54, 1.807) is 0 Å². The zero-order chi connectivity index (χ0) is 12.5. The van der Waals surface area contributed by atoms with E-state index in [-0.39, 0.29) is 12.0 Å². The molecule has 0 unspecified atom stereocenters. The SMILES string of the molecule is O=C(C1=C(N2CCOCC2)CCC1)C(F)(F)F. The van der Waals surface area contributed by atoms with Crippen molar-refractivity contribution in [2.45, 2.75) is 25.4 Å². The van der Waals surface area contributed by atoms with Crippen LogP contribution in [0.15, 0.2) is 11.3 Å². The first-order chi connectivity index (χ1) is 8.00. The maximum atomic E-state index is 12.4. The van der Waals surface area contributed by atoms with E-state index in [2.05, 4.69) is 0 Å². The van der Waals surface area contributed by atoms with Crippen molar-refractivity contribution in [2.24, 2.45) is 0 Å². The fraction of sp³-hybridized carbons (Fsp3) is 0.727. The molecule has 96 valence electrons. The normalized spacial score (nSPS) is 22.2. The Labute approximate surface area is 97.2 Å². The van der Waals surface area contributed by atoms with Crippen LogP contribution in [0, 0.1) is 0 Å². The molecule has 0 atom stereocenters. The predicted molar refractivity (Wildman–Crippen MR) is 54.3 cm³/mol. The Balaban J connectivity index is 2.20. The van der Waals surface area contributed by atoms with Crippen LogP contribution in [0.3, 0.4) is 0 Å². The van der Waals surface area contributed by atoms with Gasteiger partial charge >= 0.3 is 6.18 Å². The van der Waals surface area contributed by atoms with Crippen molar-refractivity contribution in [3.05, 3.63) is 11.3 Å². The maximum Gasteiger partial charge on any atom is 0.454 e. The van der Waals surface area contributed by atoms with Gasteiger partial charge in [0.1, 0.15) is 0 Å². The molecule has 6 heteroatoms. The Bertz CT molecular complexity index is 343. The Morgan fingerprint density at radius 3 is 2.41 bits per heavy atom. The van der Waals surface area contributed by atoms with Gasteiger partial charge < -0.3 is 9.64 Å². The summed E-state index contributed by atoms with van der Waals surface area (Å²) in [6.45, 7) is 2.17. The molecule has 0 radical (unpaired) electrons. The maximum absolute atomic E-state index is 12.4. The van der Waals surface area contributed by atoms with Crippen molar-refractivity contribution in [3.63, 3.8) is 0 Å². The molecule has 2 rings (SSSR count). The molecular weight excluding hydrogens is 235 g/mol. The second-order valence-electron chi connectivity index (χ2n) is 4.21. The third-order valence-corrected chi connectivity index (χ3v) is 3.11. The first kappa shape index (κ1) is 12.4. The van der Waals surface area contributed by atoms with Crippen molar-refractivity contribution < 1.29 is 22.7 Å². The third kappa shape index (κ3) is 2.62. The van der Waals surface area contributed by atoms with Crippen LogP contribution in [0.4, 0.5) is 13.2 Å². The highest BCUT2D eigenvalue weighted by atomic mass is 19.4. The first-order valence-electron chi connectivity index (χ1n) is 5.66. The number of carbonyl (C=O) groups is 1. The molecule has 1 aliphatic carbocycles. The largest absolute Gasteiger partial charge is 0.454 e. The fourth-order valence-electron chi connectivity index (χ4n) is 2.33. The second-order valence-corrected chi connectivity index (χ2v) is 4.21. The van der Waals surface area contributed by atoms with Gasteiger partial charge in [-0.1, -0.05) is 0 Å². The average Bonchev–Trinajstić information content (AvgIpc) is 2.76. The summed E-state index contributed by atoms with van der Waals surface area (Å²) in [5.41, 5.74) is 0.537. The molecule has 0 spiro atoms. The molecule has 0 bridgehead atoms. The van der Waals surface area contributed by atoms with E-state index in [9.17, 15) is 18.0 Å². The van der Waals surface area contributed by atoms with Gasteiger partial charge in [-0.15, -0.1) is 0 Å². The van der Waals surface area contributed by atoms with Gasteiger partial charge in [0.2, 0.25) is 0 Å². The summed E-state index contributed by atoms with van der Waals surface area (Å²) in [4.78, 5) is 13.1. The number of alkyl halides is 3. The van der Waals surface area contributed by atoms with Gasteiger partial charge in [-0.2, -0.15) is 13.2 Å². The highest BCUT2D eigenvalue weighted by Gasteiger charge is 2.43. The molecule has 1 fully saturated rings. The van der Waals surface area contributed by atoms with Gasteiger partial charge in [-0.05, 0) is 19.3 Å². The molecule has 1 aliphatic heterocycles. The van der Waals surface area contributed by atoms with Crippen LogP contribution in [-0.2, 0) is 9.53 Å². The van der Waals surface area contributed by atoms with E-state index in [1.165, 1.54) is 0 Å². The predicted octanol–water partition coefficient (Wildman–Crippen LogP) is 1.89. The molecule has 1 heterocycles. The van der Waals surface area contributed by atoms with E-state index < -0.39 is 12.0 Å². The average molecular weight is 249 g/mol. The third-order valence-electron chi connectivity index (χ3n) is 3.11. The molecule has 0 amide bonds. The zero-order valence-corrected chi connectivity index (χ0v) is 9.35. The van der Waals surface area contributed by atoms with Gasteiger partial charge in [-0.3, -0.25) is 4.79 Å². The van der Waals surface area contributed by atoms with Crippen LogP contribution in [0.2, 0.25) is 0 Å². The quantitative estimate of drug-likeness (QED) is 0.748. The molecule has 0 aromatic rings. The molecule has 0 aromatic heterocycles. The van der Waals surface area contributed by atoms with Crippen molar-refractivity contribution in [1.82, 2.24) is 4.90 Å². The first-order valence-corrected chi connectivity index (χ1v) is 5.66. The lowest BCUT2D eigenvalue weighted by atomic mass is 10.1. The number of hydrogen-bond donors (Lipinski definition) is 0. The minimum absolute atomic E-state index is 0.0422. The van der Waals surface area contributed by atoms with E-state index in [1.807, 2.05) is 4.90 Å². The van der Waals surface area contributed by atoms with Crippen molar-refractivity contribution >= 4 is 5.78 Å². The number of morpholine rings is 1. The van der Waals surface area contributed by atoms with Gasteiger partial charge in [0, 0.05) is 24.4 Å². The highest BCUT2D eigenvalue weighted by Crippen LogP contribution is 2.34. The van der Waals surface area contributed by atoms with Crippen LogP contribution in [-0.4, -0.2) is 43.2 Å². The van der Waals surface area contributed by atoms with Crippen molar-refractivity contribution in [1.29, 1.82) is 0 Å². The topological polar surface area (TPSA) is 29.5 Å². The summed E-state index contributed by atoms with van der Waals surface area (Å²) in [6.07, 6.45) is -3.32. The Hall–Kier alpha value is -1.04. The van der Waals surface area contributed by atoms with E-state index >= 15 is 0 Å². The highest BCUT2D eigenvalue weighted by molar-refractivity contribution is 6.00. The van der Waals surface area contributed by atoms with Gasteiger partial charge in [0.15, 0.2) is 0 Å². The molecule has 2 aliphatic rings. The Kier molecular flexibility index (Phi) is 3.42. The number of ketones is 1. The monoisotopic (exact) mass is 249 g/mol. The summed E-state index contributed by atoms with van der Waals surface area (Å²) < 4.78 is 42.4. The number of rotatable bonds is 2. The van der Waals surface area contributed by atoms with Crippen LogP contribution in [0.25, 0.3) is 0 Å². The van der Waals surface area contributed by atoms with E-state index in [0.29, 0.717) is 44.8 Å². The fourth-order valence-corrected chi connectivity index (χ4v) is 2.33. The number of ether oxygens (including phenoxy) is 1. The Morgan fingerprint density at radius 1 is 1.18 bits per heavy atom. The van der Waals surface area contributed by atoms with Crippen LogP contribution < -0.4 is 0 Å². The number of Topliss-reactive ketones (excluding diaryl/α,β-unsaturated/α-hetero) is 1. The molecule has 0 aromatic carbocycles. The number of halogens is 3. The number of hydrogen-bond acceptors (Lipinski definition) is 3. The van der Waals surface area contributed by atoms with E-state index in [4.69, 9.17) is 4.74 Å². The van der Waals surface area contributed by atoms with Crippen molar-refractivity contribution in [3.8, 4) is 0 Å². The minimum Gasteiger partial charge on any atom is -0.378 e. The summed E-state index contributed by atoms with van der Waals surface area (Å²) in [6, 6.07) is 0. The van der Waals surface area contributed by atoms with Crippen LogP contribution in [0.5, 0.6) is 0 Å². The van der Waals surface area contributed by atoms with Gasteiger partial charge in [-0.25, -0.2) is 0 Å². The molecular formula is C11H14F3NO2. The summed E-state index contributed by atoms with van der Waals surface area (Å²) in [5.74, 6) is -1.67. The molecule has 17 heavy (non-hydrogen) atoms. The lowest BCUT2D eigenvalue weighted by Crippen LogP contribution is -2.37. The van der Waals surface area contributed by atoms with E-state index in [0.717, 1.165) is 0 Å². The van der Waals surface area contributed by atoms with Crippen molar-refractivity contribution in [2.75, 3.05) is 26.3 Å². The number of nitrogens with zero attached hydrogens (tertiary/aromatic N) is 1. The van der Waals surface area contributed by atoms with Crippen LogP contribution >= 0.6 is 0 Å². The summed E-state index contributed by atoms with van der Waals surface area (Å²) in [5, 5.41) is 0. The van der Waals surface area contributed by atoms with Crippen LogP contribution in [0.1, 0.15) is 19.3 Å². The summed E-state index contributed by atoms with van der Waals surface area (Å²) >= 11 is 0. The zero-order valence-electron chi connectivity index (χ0n) is 9.35. The minimum atomic E-state index is -4.75. The summed E-state index contributed by atoms with van der Waals surface area (Å²) in [7, 11) is 0. The molecule has 0 saturated carbocycles. The molecule has 1 saturated heterocycles. The lowest BCUT2D eigenvalue weighted by molar-refractivity contribution is -0.166. The lowest BCUT2D eigenvalue weighted by Gasteiger charge is -2.30. The Morgan fingerprint density at radius 2 is 1.82 bits per heavy atom.